The number of hydrogen-bond acceptors (Lipinski definition) is 3. The second kappa shape index (κ2) is 4.47. The molecule has 0 unspecified atom stereocenters. The number of carbonyl (C=O) groups excluding carboxylic acids is 1. The zero-order valence-electron chi connectivity index (χ0n) is 8.98. The van der Waals surface area contributed by atoms with Crippen LogP contribution in [0.4, 0.5) is 0 Å². The molecule has 0 spiro atoms. The Hall–Kier alpha value is -1.32. The van der Waals surface area contributed by atoms with Crippen LogP contribution >= 0.6 is 0 Å². The number of ether oxygens (including phenoxy) is 1. The molecular formula is C11H16N2O2. The Balaban J connectivity index is 2.06. The van der Waals surface area contributed by atoms with Crippen LogP contribution in [0.1, 0.15) is 49.0 Å². The molecule has 4 nitrogen and oxygen atoms in total. The first-order valence-electron chi connectivity index (χ1n) is 5.52. The fourth-order valence-electron chi connectivity index (χ4n) is 2.03. The first kappa shape index (κ1) is 10.2. The van der Waals surface area contributed by atoms with Gasteiger partial charge in [0.1, 0.15) is 0 Å². The van der Waals surface area contributed by atoms with Crippen molar-refractivity contribution in [3.05, 3.63) is 18.0 Å². The van der Waals surface area contributed by atoms with Crippen LogP contribution in [0.25, 0.3) is 0 Å². The fourth-order valence-corrected chi connectivity index (χ4v) is 2.03. The highest BCUT2D eigenvalue weighted by Gasteiger charge is 2.19. The highest BCUT2D eigenvalue weighted by atomic mass is 16.5. The van der Waals surface area contributed by atoms with Gasteiger partial charge in [-0.15, -0.1) is 0 Å². The van der Waals surface area contributed by atoms with Crippen molar-refractivity contribution in [1.29, 1.82) is 0 Å². The summed E-state index contributed by atoms with van der Waals surface area (Å²) in [5, 5.41) is 4.22. The van der Waals surface area contributed by atoms with E-state index < -0.39 is 0 Å². The Morgan fingerprint density at radius 2 is 2.33 bits per heavy atom. The number of hydrogen-bond donors (Lipinski definition) is 0. The third-order valence-corrected chi connectivity index (χ3v) is 2.81. The molecule has 0 amide bonds. The molecule has 2 rings (SSSR count). The molecule has 1 fully saturated rings. The lowest BCUT2D eigenvalue weighted by Gasteiger charge is -2.08. The molecule has 0 aliphatic heterocycles. The summed E-state index contributed by atoms with van der Waals surface area (Å²) in [5.41, 5.74) is 0.559. The van der Waals surface area contributed by atoms with Crippen LogP contribution in [-0.2, 0) is 4.74 Å². The quantitative estimate of drug-likeness (QED) is 0.715. The normalized spacial score (nSPS) is 16.9. The van der Waals surface area contributed by atoms with E-state index in [9.17, 15) is 4.79 Å². The molecule has 0 bridgehead atoms. The summed E-state index contributed by atoms with van der Waals surface area (Å²) < 4.78 is 6.81. The van der Waals surface area contributed by atoms with Gasteiger partial charge in [-0.3, -0.25) is 4.68 Å². The van der Waals surface area contributed by atoms with E-state index in [-0.39, 0.29) is 5.97 Å². The fraction of sp³-hybridized carbons (Fsp3) is 0.636. The Morgan fingerprint density at radius 3 is 3.00 bits per heavy atom. The van der Waals surface area contributed by atoms with Gasteiger partial charge in [0.15, 0.2) is 0 Å². The first-order valence-corrected chi connectivity index (χ1v) is 5.52. The molecule has 0 aromatic carbocycles. The van der Waals surface area contributed by atoms with Crippen LogP contribution in [-0.4, -0.2) is 22.4 Å². The zero-order chi connectivity index (χ0) is 10.7. The highest BCUT2D eigenvalue weighted by molar-refractivity contribution is 5.88. The van der Waals surface area contributed by atoms with Crippen molar-refractivity contribution in [1.82, 2.24) is 9.78 Å². The number of rotatable bonds is 3. The van der Waals surface area contributed by atoms with Crippen LogP contribution in [0.3, 0.4) is 0 Å². The molecule has 1 saturated carbocycles. The molecule has 15 heavy (non-hydrogen) atoms. The van der Waals surface area contributed by atoms with Gasteiger partial charge >= 0.3 is 5.97 Å². The molecule has 1 aliphatic carbocycles. The predicted octanol–water partition coefficient (Wildman–Crippen LogP) is 2.17. The van der Waals surface area contributed by atoms with Crippen molar-refractivity contribution in [3.8, 4) is 0 Å². The van der Waals surface area contributed by atoms with E-state index in [0.29, 0.717) is 18.2 Å². The van der Waals surface area contributed by atoms with Crippen LogP contribution in [0.5, 0.6) is 0 Å². The number of nitrogens with zero attached hydrogens (tertiary/aromatic N) is 2. The molecule has 1 aromatic rings. The van der Waals surface area contributed by atoms with Crippen LogP contribution in [0.2, 0.25) is 0 Å². The molecule has 1 aliphatic rings. The largest absolute Gasteiger partial charge is 0.462 e. The lowest BCUT2D eigenvalue weighted by Crippen LogP contribution is -2.06. The van der Waals surface area contributed by atoms with E-state index in [4.69, 9.17) is 4.74 Å². The maximum atomic E-state index is 11.4. The minimum atomic E-state index is -0.276. The SMILES string of the molecule is CCOC(=O)c1cnn(C2CCCC2)c1. The standard InChI is InChI=1S/C11H16N2O2/c1-2-15-11(14)9-7-12-13(8-9)10-5-3-4-6-10/h7-8,10H,2-6H2,1H3. The van der Waals surface area contributed by atoms with Crippen molar-refractivity contribution in [2.75, 3.05) is 6.61 Å². The van der Waals surface area contributed by atoms with Gasteiger partial charge in [0.25, 0.3) is 0 Å². The lowest BCUT2D eigenvalue weighted by molar-refractivity contribution is 0.0526. The average molecular weight is 208 g/mol. The smallest absolute Gasteiger partial charge is 0.341 e. The maximum absolute atomic E-state index is 11.4. The van der Waals surface area contributed by atoms with Crippen molar-refractivity contribution in [2.24, 2.45) is 0 Å². The predicted molar refractivity (Wildman–Crippen MR) is 55.7 cm³/mol. The Labute approximate surface area is 89.2 Å². The molecule has 0 atom stereocenters. The van der Waals surface area contributed by atoms with E-state index >= 15 is 0 Å². The number of esters is 1. The van der Waals surface area contributed by atoms with Gasteiger partial charge in [-0.2, -0.15) is 5.10 Å². The summed E-state index contributed by atoms with van der Waals surface area (Å²) >= 11 is 0. The van der Waals surface area contributed by atoms with Gasteiger partial charge < -0.3 is 4.74 Å². The van der Waals surface area contributed by atoms with E-state index in [1.54, 1.807) is 19.3 Å². The van der Waals surface area contributed by atoms with Gasteiger partial charge in [0.05, 0.1) is 24.4 Å². The second-order valence-corrected chi connectivity index (χ2v) is 3.87. The maximum Gasteiger partial charge on any atom is 0.341 e. The summed E-state index contributed by atoms with van der Waals surface area (Å²) in [5.74, 6) is -0.276. The summed E-state index contributed by atoms with van der Waals surface area (Å²) in [7, 11) is 0. The summed E-state index contributed by atoms with van der Waals surface area (Å²) in [6.45, 7) is 2.22. The van der Waals surface area contributed by atoms with Gasteiger partial charge in [-0.1, -0.05) is 12.8 Å². The highest BCUT2D eigenvalue weighted by Crippen LogP contribution is 2.28. The van der Waals surface area contributed by atoms with Crippen molar-refractivity contribution < 1.29 is 9.53 Å². The Kier molecular flexibility index (Phi) is 3.04. The van der Waals surface area contributed by atoms with E-state index in [1.165, 1.54) is 25.7 Å². The van der Waals surface area contributed by atoms with Crippen molar-refractivity contribution in [3.63, 3.8) is 0 Å². The summed E-state index contributed by atoms with van der Waals surface area (Å²) in [4.78, 5) is 11.4. The van der Waals surface area contributed by atoms with Crippen LogP contribution in [0, 0.1) is 0 Å². The summed E-state index contributed by atoms with van der Waals surface area (Å²) in [6.07, 6.45) is 8.26. The third kappa shape index (κ3) is 2.19. The van der Waals surface area contributed by atoms with Crippen molar-refractivity contribution >= 4 is 5.97 Å². The van der Waals surface area contributed by atoms with Gasteiger partial charge in [-0.05, 0) is 19.8 Å². The van der Waals surface area contributed by atoms with Gasteiger partial charge in [-0.25, -0.2) is 4.79 Å². The number of carbonyl (C=O) groups is 1. The molecule has 0 saturated heterocycles. The Bertz CT molecular complexity index is 340. The molecule has 1 heterocycles. The van der Waals surface area contributed by atoms with Gasteiger partial charge in [0, 0.05) is 6.20 Å². The monoisotopic (exact) mass is 208 g/mol. The van der Waals surface area contributed by atoms with Crippen LogP contribution < -0.4 is 0 Å². The third-order valence-electron chi connectivity index (χ3n) is 2.81. The molecule has 4 heteroatoms. The topological polar surface area (TPSA) is 44.1 Å². The average Bonchev–Trinajstić information content (AvgIpc) is 2.89. The number of aromatic nitrogens is 2. The molecular weight excluding hydrogens is 192 g/mol. The minimum absolute atomic E-state index is 0.276. The van der Waals surface area contributed by atoms with Crippen LogP contribution in [0.15, 0.2) is 12.4 Å². The van der Waals surface area contributed by atoms with E-state index in [2.05, 4.69) is 5.10 Å². The first-order chi connectivity index (χ1) is 7.31. The lowest BCUT2D eigenvalue weighted by atomic mass is 10.2. The van der Waals surface area contributed by atoms with E-state index in [0.717, 1.165) is 0 Å². The zero-order valence-corrected chi connectivity index (χ0v) is 8.98. The second-order valence-electron chi connectivity index (χ2n) is 3.87. The van der Waals surface area contributed by atoms with Crippen molar-refractivity contribution in [2.45, 2.75) is 38.6 Å². The Morgan fingerprint density at radius 1 is 1.60 bits per heavy atom. The molecule has 0 radical (unpaired) electrons. The summed E-state index contributed by atoms with van der Waals surface area (Å²) in [6, 6.07) is 0.480. The minimum Gasteiger partial charge on any atom is -0.462 e. The van der Waals surface area contributed by atoms with E-state index in [1.807, 2.05) is 4.68 Å². The molecule has 1 aromatic heterocycles. The molecule has 82 valence electrons. The molecule has 0 N–H and O–H groups in total. The van der Waals surface area contributed by atoms with Gasteiger partial charge in [0.2, 0.25) is 0 Å².